The highest BCUT2D eigenvalue weighted by Gasteiger charge is 2.00. The molecule has 0 saturated carbocycles. The maximum Gasteiger partial charge on any atom is 0.330 e. The van der Waals surface area contributed by atoms with Gasteiger partial charge in [0.1, 0.15) is 11.5 Å². The van der Waals surface area contributed by atoms with E-state index in [-0.39, 0.29) is 0 Å². The van der Waals surface area contributed by atoms with E-state index in [1.807, 2.05) is 0 Å². The Balaban J connectivity index is 2.95. The second-order valence-electron chi connectivity index (χ2n) is 3.00. The van der Waals surface area contributed by atoms with E-state index in [9.17, 15) is 4.79 Å². The molecule has 1 aromatic rings. The highest BCUT2D eigenvalue weighted by atomic mass is 16.5. The Kier molecular flexibility index (Phi) is 4.39. The second kappa shape index (κ2) is 5.80. The van der Waals surface area contributed by atoms with Gasteiger partial charge in [0.15, 0.2) is 0 Å². The zero-order valence-electron chi connectivity index (χ0n) is 9.52. The van der Waals surface area contributed by atoms with Crippen molar-refractivity contribution in [3.05, 3.63) is 29.8 Å². The largest absolute Gasteiger partial charge is 0.497 e. The van der Waals surface area contributed by atoms with Crippen LogP contribution in [0.25, 0.3) is 6.08 Å². The first kappa shape index (κ1) is 12.1. The fourth-order valence-electron chi connectivity index (χ4n) is 1.16. The molecule has 1 rings (SSSR count). The molecule has 0 spiro atoms. The number of ether oxygens (including phenoxy) is 3. The summed E-state index contributed by atoms with van der Waals surface area (Å²) in [5.74, 6) is 0.939. The first-order chi connectivity index (χ1) is 7.69. The van der Waals surface area contributed by atoms with E-state index in [1.165, 1.54) is 13.2 Å². The maximum absolute atomic E-state index is 10.9. The minimum Gasteiger partial charge on any atom is -0.497 e. The molecule has 0 saturated heterocycles. The molecule has 1 aromatic carbocycles. The molecule has 0 aliphatic rings. The predicted molar refractivity (Wildman–Crippen MR) is 60.6 cm³/mol. The van der Waals surface area contributed by atoms with Crippen molar-refractivity contribution in [2.24, 2.45) is 0 Å². The molecule has 0 amide bonds. The van der Waals surface area contributed by atoms with Crippen LogP contribution in [0.15, 0.2) is 24.3 Å². The van der Waals surface area contributed by atoms with E-state index < -0.39 is 5.97 Å². The monoisotopic (exact) mass is 222 g/mol. The SMILES string of the molecule is COC(=O)/C=C\c1cc(OC)cc(OC)c1. The zero-order valence-corrected chi connectivity index (χ0v) is 9.52. The minimum absolute atomic E-state index is 0.401. The Morgan fingerprint density at radius 3 is 2.06 bits per heavy atom. The van der Waals surface area contributed by atoms with Crippen molar-refractivity contribution in [1.82, 2.24) is 0 Å². The van der Waals surface area contributed by atoms with Crippen LogP contribution in [0.2, 0.25) is 0 Å². The third kappa shape index (κ3) is 3.31. The van der Waals surface area contributed by atoms with Crippen LogP contribution in [0.3, 0.4) is 0 Å². The summed E-state index contributed by atoms with van der Waals surface area (Å²) < 4.78 is 14.7. The smallest absolute Gasteiger partial charge is 0.330 e. The lowest BCUT2D eigenvalue weighted by atomic mass is 10.2. The van der Waals surface area contributed by atoms with E-state index in [1.54, 1.807) is 38.5 Å². The highest BCUT2D eigenvalue weighted by molar-refractivity contribution is 5.87. The number of benzene rings is 1. The van der Waals surface area contributed by atoms with Gasteiger partial charge in [-0.3, -0.25) is 0 Å². The van der Waals surface area contributed by atoms with Gasteiger partial charge in [0.2, 0.25) is 0 Å². The second-order valence-corrected chi connectivity index (χ2v) is 3.00. The number of methoxy groups -OCH3 is 3. The highest BCUT2D eigenvalue weighted by Crippen LogP contribution is 2.23. The molecule has 0 unspecified atom stereocenters. The van der Waals surface area contributed by atoms with Crippen molar-refractivity contribution in [2.45, 2.75) is 0 Å². The molecule has 0 radical (unpaired) electrons. The first-order valence-electron chi connectivity index (χ1n) is 4.68. The Morgan fingerprint density at radius 2 is 1.62 bits per heavy atom. The van der Waals surface area contributed by atoms with Gasteiger partial charge < -0.3 is 14.2 Å². The van der Waals surface area contributed by atoms with Gasteiger partial charge in [0, 0.05) is 12.1 Å². The first-order valence-corrected chi connectivity index (χ1v) is 4.68. The number of carbonyl (C=O) groups excluding carboxylic acids is 1. The van der Waals surface area contributed by atoms with Gasteiger partial charge >= 0.3 is 5.97 Å². The summed E-state index contributed by atoms with van der Waals surface area (Å²) >= 11 is 0. The third-order valence-electron chi connectivity index (χ3n) is 1.99. The molecule has 0 aliphatic heterocycles. The van der Waals surface area contributed by atoms with Crippen molar-refractivity contribution < 1.29 is 19.0 Å². The molecule has 4 heteroatoms. The normalized spacial score (nSPS) is 10.2. The molecule has 86 valence electrons. The average molecular weight is 222 g/mol. The summed E-state index contributed by atoms with van der Waals surface area (Å²) in [5, 5.41) is 0. The zero-order chi connectivity index (χ0) is 12.0. The Labute approximate surface area is 94.4 Å². The fourth-order valence-corrected chi connectivity index (χ4v) is 1.16. The van der Waals surface area contributed by atoms with Crippen LogP contribution < -0.4 is 9.47 Å². The lowest BCUT2D eigenvalue weighted by Gasteiger charge is -2.05. The van der Waals surface area contributed by atoms with Crippen molar-refractivity contribution in [2.75, 3.05) is 21.3 Å². The lowest BCUT2D eigenvalue weighted by molar-refractivity contribution is -0.134. The molecule has 0 aromatic heterocycles. The van der Waals surface area contributed by atoms with Crippen molar-refractivity contribution in [1.29, 1.82) is 0 Å². The number of carbonyl (C=O) groups is 1. The summed E-state index contributed by atoms with van der Waals surface area (Å²) in [6.45, 7) is 0. The molecule has 0 aliphatic carbocycles. The Bertz CT molecular complexity index is 374. The van der Waals surface area contributed by atoms with Gasteiger partial charge in [-0.2, -0.15) is 0 Å². The fraction of sp³-hybridized carbons (Fsp3) is 0.250. The van der Waals surface area contributed by atoms with Crippen LogP contribution >= 0.6 is 0 Å². The van der Waals surface area contributed by atoms with Crippen molar-refractivity contribution in [3.8, 4) is 11.5 Å². The van der Waals surface area contributed by atoms with E-state index in [0.717, 1.165) is 5.56 Å². The van der Waals surface area contributed by atoms with Crippen LogP contribution in [0.5, 0.6) is 11.5 Å². The maximum atomic E-state index is 10.9. The van der Waals surface area contributed by atoms with Crippen LogP contribution in [-0.4, -0.2) is 27.3 Å². The van der Waals surface area contributed by atoms with Gasteiger partial charge in [-0.15, -0.1) is 0 Å². The van der Waals surface area contributed by atoms with Crippen LogP contribution in [-0.2, 0) is 9.53 Å². The topological polar surface area (TPSA) is 44.8 Å². The van der Waals surface area contributed by atoms with Crippen LogP contribution in [0, 0.1) is 0 Å². The third-order valence-corrected chi connectivity index (χ3v) is 1.99. The molecule has 0 fully saturated rings. The minimum atomic E-state index is -0.401. The molecular formula is C12H14O4. The van der Waals surface area contributed by atoms with Crippen molar-refractivity contribution >= 4 is 12.0 Å². The number of rotatable bonds is 4. The average Bonchev–Trinajstić information content (AvgIpc) is 2.35. The van der Waals surface area contributed by atoms with Crippen LogP contribution in [0.4, 0.5) is 0 Å². The molecule has 0 atom stereocenters. The Hall–Kier alpha value is -1.97. The van der Waals surface area contributed by atoms with E-state index in [0.29, 0.717) is 11.5 Å². The quantitative estimate of drug-likeness (QED) is 0.576. The number of esters is 1. The van der Waals surface area contributed by atoms with Gasteiger partial charge in [-0.25, -0.2) is 4.79 Å². The Morgan fingerprint density at radius 1 is 1.06 bits per heavy atom. The summed E-state index contributed by atoms with van der Waals surface area (Å²) in [7, 11) is 4.48. The molecule has 4 nitrogen and oxygen atoms in total. The number of hydrogen-bond donors (Lipinski definition) is 0. The van der Waals surface area contributed by atoms with Gasteiger partial charge in [0.25, 0.3) is 0 Å². The molecule has 0 bridgehead atoms. The summed E-state index contributed by atoms with van der Waals surface area (Å²) in [6.07, 6.45) is 2.98. The lowest BCUT2D eigenvalue weighted by Crippen LogP contribution is -1.93. The summed E-state index contributed by atoms with van der Waals surface area (Å²) in [6, 6.07) is 5.35. The summed E-state index contributed by atoms with van der Waals surface area (Å²) in [5.41, 5.74) is 0.807. The molecule has 16 heavy (non-hydrogen) atoms. The standard InChI is InChI=1S/C12H14O4/c1-14-10-6-9(4-5-12(13)16-3)7-11(8-10)15-2/h4-8H,1-3H3/b5-4-. The molecule has 0 N–H and O–H groups in total. The van der Waals surface area contributed by atoms with Gasteiger partial charge in [-0.1, -0.05) is 0 Å². The predicted octanol–water partition coefficient (Wildman–Crippen LogP) is 1.89. The number of hydrogen-bond acceptors (Lipinski definition) is 4. The summed E-state index contributed by atoms with van der Waals surface area (Å²) in [4.78, 5) is 10.9. The van der Waals surface area contributed by atoms with E-state index >= 15 is 0 Å². The van der Waals surface area contributed by atoms with Crippen LogP contribution in [0.1, 0.15) is 5.56 Å². The van der Waals surface area contributed by atoms with Crippen molar-refractivity contribution in [3.63, 3.8) is 0 Å². The van der Waals surface area contributed by atoms with E-state index in [4.69, 9.17) is 9.47 Å². The molecular weight excluding hydrogens is 208 g/mol. The van der Waals surface area contributed by atoms with Gasteiger partial charge in [0.05, 0.1) is 21.3 Å². The molecule has 0 heterocycles. The van der Waals surface area contributed by atoms with Gasteiger partial charge in [-0.05, 0) is 23.8 Å². The van der Waals surface area contributed by atoms with E-state index in [2.05, 4.69) is 4.74 Å².